The van der Waals surface area contributed by atoms with E-state index >= 15 is 0 Å². The molecule has 2 aromatic heterocycles. The lowest BCUT2D eigenvalue weighted by molar-refractivity contribution is 0.773. The number of aryl methyl sites for hydroxylation is 2. The first-order valence-electron chi connectivity index (χ1n) is 3.50. The molecule has 2 aromatic rings. The Kier molecular flexibility index (Phi) is 1.51. The minimum atomic E-state index is 0.464. The molecule has 5 heteroatoms. The molecule has 62 valence electrons. The molecule has 0 radical (unpaired) electrons. The second-order valence-corrected chi connectivity index (χ2v) is 2.93. The van der Waals surface area contributed by atoms with Gasteiger partial charge in [0.15, 0.2) is 5.65 Å². The number of aromatic nitrogens is 4. The first kappa shape index (κ1) is 7.49. The lowest BCUT2D eigenvalue weighted by Gasteiger charge is -1.92. The van der Waals surface area contributed by atoms with Gasteiger partial charge in [0.1, 0.15) is 11.5 Å². The smallest absolute Gasteiger partial charge is 0.162 e. The van der Waals surface area contributed by atoms with Gasteiger partial charge < -0.3 is 0 Å². The molecule has 0 fully saturated rings. The fourth-order valence-electron chi connectivity index (χ4n) is 1.23. The van der Waals surface area contributed by atoms with Crippen LogP contribution in [0.5, 0.6) is 0 Å². The number of rotatable bonds is 0. The van der Waals surface area contributed by atoms with Gasteiger partial charge in [-0.2, -0.15) is 5.10 Å². The Labute approximate surface area is 74.2 Å². The van der Waals surface area contributed by atoms with Crippen LogP contribution < -0.4 is 0 Å². The summed E-state index contributed by atoms with van der Waals surface area (Å²) in [5.41, 5.74) is 1.63. The number of hydrogen-bond acceptors (Lipinski definition) is 3. The lowest BCUT2D eigenvalue weighted by Crippen LogP contribution is -1.91. The largest absolute Gasteiger partial charge is 0.250 e. The summed E-state index contributed by atoms with van der Waals surface area (Å²) in [6.45, 7) is 1.89. The highest BCUT2D eigenvalue weighted by molar-refractivity contribution is 6.34. The Morgan fingerprint density at radius 1 is 1.42 bits per heavy atom. The lowest BCUT2D eigenvalue weighted by atomic mass is 10.3. The average molecular weight is 183 g/mol. The van der Waals surface area contributed by atoms with Crippen molar-refractivity contribution in [2.75, 3.05) is 0 Å². The van der Waals surface area contributed by atoms with E-state index in [0.29, 0.717) is 5.15 Å². The van der Waals surface area contributed by atoms with E-state index in [1.54, 1.807) is 4.68 Å². The van der Waals surface area contributed by atoms with E-state index in [1.165, 1.54) is 6.33 Å². The zero-order chi connectivity index (χ0) is 8.72. The van der Waals surface area contributed by atoms with E-state index < -0.39 is 0 Å². The van der Waals surface area contributed by atoms with Gasteiger partial charge in [-0.05, 0) is 6.92 Å². The Bertz CT molecular complexity index is 434. The van der Waals surface area contributed by atoms with Crippen LogP contribution in [-0.2, 0) is 7.05 Å². The molecule has 0 N–H and O–H groups in total. The standard InChI is InChI=1S/C7H7ClN4/c1-4-5-6(8)9-3-10-7(5)12(2)11-4/h3H,1-2H3. The first-order chi connectivity index (χ1) is 5.70. The van der Waals surface area contributed by atoms with Crippen LogP contribution in [0.4, 0.5) is 0 Å². The monoisotopic (exact) mass is 182 g/mol. The molecular weight excluding hydrogens is 176 g/mol. The van der Waals surface area contributed by atoms with Gasteiger partial charge in [-0.1, -0.05) is 11.6 Å². The van der Waals surface area contributed by atoms with Crippen LogP contribution in [-0.4, -0.2) is 19.7 Å². The molecule has 2 heterocycles. The first-order valence-corrected chi connectivity index (χ1v) is 3.87. The van der Waals surface area contributed by atoms with Crippen molar-refractivity contribution < 1.29 is 0 Å². The summed E-state index contributed by atoms with van der Waals surface area (Å²) in [5, 5.41) is 5.48. The maximum absolute atomic E-state index is 5.87. The average Bonchev–Trinajstić information content (AvgIpc) is 2.29. The molecule has 0 amide bonds. The predicted molar refractivity (Wildman–Crippen MR) is 46.1 cm³/mol. The van der Waals surface area contributed by atoms with Crippen molar-refractivity contribution in [2.45, 2.75) is 6.92 Å². The molecule has 0 aliphatic carbocycles. The molecule has 0 aliphatic rings. The van der Waals surface area contributed by atoms with Crippen molar-refractivity contribution >= 4 is 22.6 Å². The molecule has 0 saturated carbocycles. The Morgan fingerprint density at radius 3 is 2.83 bits per heavy atom. The summed E-state index contributed by atoms with van der Waals surface area (Å²) in [6, 6.07) is 0. The van der Waals surface area contributed by atoms with E-state index in [-0.39, 0.29) is 0 Å². The highest BCUT2D eigenvalue weighted by Gasteiger charge is 2.09. The summed E-state index contributed by atoms with van der Waals surface area (Å²) < 4.78 is 1.69. The summed E-state index contributed by atoms with van der Waals surface area (Å²) in [5.74, 6) is 0. The summed E-state index contributed by atoms with van der Waals surface area (Å²) in [4.78, 5) is 7.95. The van der Waals surface area contributed by atoms with Crippen LogP contribution in [0.25, 0.3) is 11.0 Å². The van der Waals surface area contributed by atoms with E-state index in [2.05, 4.69) is 15.1 Å². The molecule has 0 bridgehead atoms. The van der Waals surface area contributed by atoms with Gasteiger partial charge in [0, 0.05) is 7.05 Å². The molecule has 0 atom stereocenters. The topological polar surface area (TPSA) is 43.6 Å². The fourth-order valence-corrected chi connectivity index (χ4v) is 1.50. The third kappa shape index (κ3) is 0.881. The minimum Gasteiger partial charge on any atom is -0.250 e. The summed E-state index contributed by atoms with van der Waals surface area (Å²) >= 11 is 5.87. The molecule has 0 aromatic carbocycles. The molecule has 0 unspecified atom stereocenters. The van der Waals surface area contributed by atoms with Crippen molar-refractivity contribution in [1.29, 1.82) is 0 Å². The Morgan fingerprint density at radius 2 is 2.17 bits per heavy atom. The van der Waals surface area contributed by atoms with Crippen LogP contribution in [0, 0.1) is 6.92 Å². The molecule has 12 heavy (non-hydrogen) atoms. The van der Waals surface area contributed by atoms with Crippen molar-refractivity contribution in [2.24, 2.45) is 7.05 Å². The van der Waals surface area contributed by atoms with Gasteiger partial charge in [-0.15, -0.1) is 0 Å². The maximum atomic E-state index is 5.87. The van der Waals surface area contributed by atoms with Crippen molar-refractivity contribution in [3.05, 3.63) is 17.2 Å². The van der Waals surface area contributed by atoms with Crippen LogP contribution in [0.2, 0.25) is 5.15 Å². The fraction of sp³-hybridized carbons (Fsp3) is 0.286. The van der Waals surface area contributed by atoms with Gasteiger partial charge in [0.25, 0.3) is 0 Å². The van der Waals surface area contributed by atoms with E-state index in [4.69, 9.17) is 11.6 Å². The zero-order valence-electron chi connectivity index (χ0n) is 6.74. The molecule has 0 saturated heterocycles. The highest BCUT2D eigenvalue weighted by atomic mass is 35.5. The van der Waals surface area contributed by atoms with E-state index in [9.17, 15) is 0 Å². The third-order valence-electron chi connectivity index (χ3n) is 1.75. The molecular formula is C7H7ClN4. The SMILES string of the molecule is Cc1nn(C)c2ncnc(Cl)c12. The van der Waals surface area contributed by atoms with Crippen LogP contribution in [0.15, 0.2) is 6.33 Å². The molecule has 0 aliphatic heterocycles. The zero-order valence-corrected chi connectivity index (χ0v) is 7.50. The normalized spacial score (nSPS) is 10.9. The van der Waals surface area contributed by atoms with Crippen molar-refractivity contribution in [1.82, 2.24) is 19.7 Å². The number of halogens is 1. The maximum Gasteiger partial charge on any atom is 0.162 e. The molecule has 0 spiro atoms. The van der Waals surface area contributed by atoms with Gasteiger partial charge in [0.2, 0.25) is 0 Å². The molecule has 2 rings (SSSR count). The third-order valence-corrected chi connectivity index (χ3v) is 2.04. The number of nitrogens with zero attached hydrogens (tertiary/aromatic N) is 4. The van der Waals surface area contributed by atoms with Crippen LogP contribution in [0.3, 0.4) is 0 Å². The summed E-state index contributed by atoms with van der Waals surface area (Å²) in [6.07, 6.45) is 1.44. The second kappa shape index (κ2) is 2.42. The van der Waals surface area contributed by atoms with Crippen LogP contribution >= 0.6 is 11.6 Å². The van der Waals surface area contributed by atoms with Gasteiger partial charge >= 0.3 is 0 Å². The minimum absolute atomic E-state index is 0.464. The summed E-state index contributed by atoms with van der Waals surface area (Å²) in [7, 11) is 1.83. The van der Waals surface area contributed by atoms with Crippen molar-refractivity contribution in [3.8, 4) is 0 Å². The van der Waals surface area contributed by atoms with Gasteiger partial charge in [-0.25, -0.2) is 9.97 Å². The highest BCUT2D eigenvalue weighted by Crippen LogP contribution is 2.21. The Hall–Kier alpha value is -1.16. The predicted octanol–water partition coefficient (Wildman–Crippen LogP) is 1.33. The quantitative estimate of drug-likeness (QED) is 0.578. The van der Waals surface area contributed by atoms with Gasteiger partial charge in [-0.3, -0.25) is 4.68 Å². The second-order valence-electron chi connectivity index (χ2n) is 2.57. The van der Waals surface area contributed by atoms with Crippen molar-refractivity contribution in [3.63, 3.8) is 0 Å². The van der Waals surface area contributed by atoms with Gasteiger partial charge in [0.05, 0.1) is 11.1 Å². The number of fused-ring (bicyclic) bond motifs is 1. The van der Waals surface area contributed by atoms with Crippen LogP contribution in [0.1, 0.15) is 5.69 Å². The molecule has 4 nitrogen and oxygen atoms in total. The Balaban J connectivity index is 2.99. The van der Waals surface area contributed by atoms with E-state index in [0.717, 1.165) is 16.7 Å². The number of hydrogen-bond donors (Lipinski definition) is 0. The van der Waals surface area contributed by atoms with E-state index in [1.807, 2.05) is 14.0 Å².